The molecule has 1 aromatic rings. The molecule has 0 saturated heterocycles. The van der Waals surface area contributed by atoms with Crippen LogP contribution >= 0.6 is 15.9 Å². The fourth-order valence-electron chi connectivity index (χ4n) is 1.71. The molecule has 2 unspecified atom stereocenters. The van der Waals surface area contributed by atoms with E-state index in [0.29, 0.717) is 18.4 Å². The van der Waals surface area contributed by atoms with Crippen molar-refractivity contribution >= 4 is 15.9 Å². The van der Waals surface area contributed by atoms with Crippen molar-refractivity contribution in [1.29, 1.82) is 0 Å². The average molecular weight is 244 g/mol. The van der Waals surface area contributed by atoms with Gasteiger partial charge in [0.2, 0.25) is 0 Å². The highest BCUT2D eigenvalue weighted by molar-refractivity contribution is 9.10. The van der Waals surface area contributed by atoms with Gasteiger partial charge in [-0.3, -0.25) is 0 Å². The number of rotatable bonds is 2. The third kappa shape index (κ3) is 1.92. The van der Waals surface area contributed by atoms with Crippen LogP contribution in [0.15, 0.2) is 22.7 Å². The van der Waals surface area contributed by atoms with Crippen LogP contribution in [0.25, 0.3) is 0 Å². The quantitative estimate of drug-likeness (QED) is 0.850. The maximum absolute atomic E-state index is 13.0. The molecule has 1 aliphatic rings. The maximum Gasteiger partial charge on any atom is 0.124 e. The summed E-state index contributed by atoms with van der Waals surface area (Å²) in [5.74, 6) is 0.873. The van der Waals surface area contributed by atoms with Gasteiger partial charge in [0.25, 0.3) is 0 Å². The molecule has 13 heavy (non-hydrogen) atoms. The Bertz CT molecular complexity index is 306. The van der Waals surface area contributed by atoms with Crippen LogP contribution in [-0.4, -0.2) is 6.54 Å². The Morgan fingerprint density at radius 2 is 2.23 bits per heavy atom. The van der Waals surface area contributed by atoms with Crippen LogP contribution < -0.4 is 5.73 Å². The molecule has 0 heterocycles. The monoisotopic (exact) mass is 243 g/mol. The Morgan fingerprint density at radius 3 is 2.77 bits per heavy atom. The highest BCUT2D eigenvalue weighted by Gasteiger charge is 2.37. The van der Waals surface area contributed by atoms with Crippen LogP contribution in [0.2, 0.25) is 0 Å². The van der Waals surface area contributed by atoms with E-state index in [4.69, 9.17) is 5.73 Å². The van der Waals surface area contributed by atoms with Crippen LogP contribution in [-0.2, 0) is 0 Å². The number of halogens is 2. The summed E-state index contributed by atoms with van der Waals surface area (Å²) in [6, 6.07) is 5.05. The second-order valence-corrected chi connectivity index (χ2v) is 4.46. The van der Waals surface area contributed by atoms with Gasteiger partial charge in [0, 0.05) is 4.47 Å². The molecule has 2 rings (SSSR count). The second-order valence-electron chi connectivity index (χ2n) is 3.54. The molecule has 2 N–H and O–H groups in total. The fourth-order valence-corrected chi connectivity index (χ4v) is 2.19. The van der Waals surface area contributed by atoms with Gasteiger partial charge in [-0.05, 0) is 48.6 Å². The maximum atomic E-state index is 13.0. The molecule has 0 spiro atoms. The van der Waals surface area contributed by atoms with Crippen molar-refractivity contribution in [2.75, 3.05) is 6.54 Å². The van der Waals surface area contributed by atoms with Gasteiger partial charge in [0.05, 0.1) is 0 Å². The molecule has 0 aromatic heterocycles. The summed E-state index contributed by atoms with van der Waals surface area (Å²) in [7, 11) is 0. The molecule has 70 valence electrons. The number of nitrogens with two attached hydrogens (primary N) is 1. The normalized spacial score (nSPS) is 26.1. The molecular weight excluding hydrogens is 233 g/mol. The van der Waals surface area contributed by atoms with Gasteiger partial charge >= 0.3 is 0 Å². The summed E-state index contributed by atoms with van der Waals surface area (Å²) in [5.41, 5.74) is 6.60. The molecule has 1 nitrogen and oxygen atoms in total. The first-order valence-electron chi connectivity index (χ1n) is 4.37. The first-order valence-corrected chi connectivity index (χ1v) is 5.16. The molecule has 1 aliphatic carbocycles. The summed E-state index contributed by atoms with van der Waals surface area (Å²) >= 11 is 3.28. The van der Waals surface area contributed by atoms with Crippen LogP contribution in [0.4, 0.5) is 4.39 Å². The van der Waals surface area contributed by atoms with Gasteiger partial charge in [-0.1, -0.05) is 15.9 Å². The minimum Gasteiger partial charge on any atom is -0.330 e. The third-order valence-electron chi connectivity index (χ3n) is 2.54. The highest BCUT2D eigenvalue weighted by Crippen LogP contribution is 2.47. The van der Waals surface area contributed by atoms with Crippen molar-refractivity contribution in [3.05, 3.63) is 34.1 Å². The van der Waals surface area contributed by atoms with E-state index in [0.717, 1.165) is 16.5 Å². The lowest BCUT2D eigenvalue weighted by molar-refractivity contribution is 0.623. The summed E-state index contributed by atoms with van der Waals surface area (Å²) in [6.45, 7) is 0.707. The van der Waals surface area contributed by atoms with Gasteiger partial charge in [0.1, 0.15) is 5.82 Å². The number of benzene rings is 1. The van der Waals surface area contributed by atoms with Crippen molar-refractivity contribution in [3.8, 4) is 0 Å². The molecule has 0 aliphatic heterocycles. The number of hydrogen-bond acceptors (Lipinski definition) is 1. The van der Waals surface area contributed by atoms with Crippen molar-refractivity contribution in [1.82, 2.24) is 0 Å². The van der Waals surface area contributed by atoms with E-state index in [1.165, 1.54) is 6.07 Å². The summed E-state index contributed by atoms with van der Waals surface area (Å²) in [6.07, 6.45) is 1.10. The summed E-state index contributed by atoms with van der Waals surface area (Å²) in [4.78, 5) is 0. The van der Waals surface area contributed by atoms with Crippen molar-refractivity contribution < 1.29 is 4.39 Å². The van der Waals surface area contributed by atoms with Gasteiger partial charge in [-0.2, -0.15) is 0 Å². The molecular formula is C10H11BrFN. The van der Waals surface area contributed by atoms with E-state index >= 15 is 0 Å². The molecule has 1 fully saturated rings. The first-order chi connectivity index (χ1) is 6.20. The van der Waals surface area contributed by atoms with E-state index in [-0.39, 0.29) is 5.82 Å². The lowest BCUT2D eigenvalue weighted by Gasteiger charge is -2.00. The average Bonchev–Trinajstić information content (AvgIpc) is 2.80. The van der Waals surface area contributed by atoms with Crippen molar-refractivity contribution in [2.24, 2.45) is 11.7 Å². The molecule has 0 bridgehead atoms. The molecule has 1 aromatic carbocycles. The fraction of sp³-hybridized carbons (Fsp3) is 0.400. The molecule has 0 amide bonds. The van der Waals surface area contributed by atoms with E-state index in [2.05, 4.69) is 15.9 Å². The molecule has 2 atom stereocenters. The van der Waals surface area contributed by atoms with Gasteiger partial charge in [-0.25, -0.2) is 4.39 Å². The van der Waals surface area contributed by atoms with Crippen molar-refractivity contribution in [3.63, 3.8) is 0 Å². The van der Waals surface area contributed by atoms with Crippen LogP contribution in [0.5, 0.6) is 0 Å². The van der Waals surface area contributed by atoms with Gasteiger partial charge < -0.3 is 5.73 Å². The Balaban J connectivity index is 2.22. The van der Waals surface area contributed by atoms with Crippen LogP contribution in [0.1, 0.15) is 17.9 Å². The first kappa shape index (κ1) is 9.16. The highest BCUT2D eigenvalue weighted by atomic mass is 79.9. The minimum absolute atomic E-state index is 0.174. The topological polar surface area (TPSA) is 26.0 Å². The Hall–Kier alpha value is -0.410. The van der Waals surface area contributed by atoms with Crippen molar-refractivity contribution in [2.45, 2.75) is 12.3 Å². The standard InChI is InChI=1S/C10H11BrFN/c11-8-1-6(2-9(12)4-8)10-3-7(10)5-13/h1-2,4,7,10H,3,5,13H2. The van der Waals surface area contributed by atoms with Gasteiger partial charge in [-0.15, -0.1) is 0 Å². The molecule has 1 saturated carbocycles. The van der Waals surface area contributed by atoms with E-state index in [1.54, 1.807) is 6.07 Å². The predicted octanol–water partition coefficient (Wildman–Crippen LogP) is 2.65. The second kappa shape index (κ2) is 3.39. The Morgan fingerprint density at radius 1 is 1.46 bits per heavy atom. The van der Waals surface area contributed by atoms with Gasteiger partial charge in [0.15, 0.2) is 0 Å². The number of hydrogen-bond donors (Lipinski definition) is 1. The zero-order valence-electron chi connectivity index (χ0n) is 7.13. The Labute approximate surface area is 85.3 Å². The Kier molecular flexibility index (Phi) is 2.39. The van der Waals surface area contributed by atoms with Crippen LogP contribution in [0, 0.1) is 11.7 Å². The predicted molar refractivity (Wildman–Crippen MR) is 54.0 cm³/mol. The zero-order valence-corrected chi connectivity index (χ0v) is 8.72. The summed E-state index contributed by atoms with van der Waals surface area (Å²) < 4.78 is 13.8. The smallest absolute Gasteiger partial charge is 0.124 e. The molecule has 3 heteroatoms. The minimum atomic E-state index is -0.174. The third-order valence-corrected chi connectivity index (χ3v) is 3.00. The summed E-state index contributed by atoms with van der Waals surface area (Å²) in [5, 5.41) is 0. The SMILES string of the molecule is NCC1CC1c1cc(F)cc(Br)c1. The van der Waals surface area contributed by atoms with E-state index in [1.807, 2.05) is 6.07 Å². The lowest BCUT2D eigenvalue weighted by atomic mass is 10.1. The molecule has 0 radical (unpaired) electrons. The zero-order chi connectivity index (χ0) is 9.42. The lowest BCUT2D eigenvalue weighted by Crippen LogP contribution is -2.02. The van der Waals surface area contributed by atoms with E-state index in [9.17, 15) is 4.39 Å². The van der Waals surface area contributed by atoms with Crippen LogP contribution in [0.3, 0.4) is 0 Å². The largest absolute Gasteiger partial charge is 0.330 e. The van der Waals surface area contributed by atoms with E-state index < -0.39 is 0 Å².